The largest absolute Gasteiger partial charge is 0.321 e. The van der Waals surface area contributed by atoms with Crippen LogP contribution in [0.4, 0.5) is 10.1 Å². The van der Waals surface area contributed by atoms with E-state index in [0.29, 0.717) is 22.4 Å². The molecule has 0 radical (unpaired) electrons. The molecule has 1 heterocycles. The normalized spacial score (nSPS) is 13.5. The summed E-state index contributed by atoms with van der Waals surface area (Å²) in [7, 11) is 0. The molecule has 0 saturated carbocycles. The highest BCUT2D eigenvalue weighted by Crippen LogP contribution is 2.31. The van der Waals surface area contributed by atoms with E-state index in [-0.39, 0.29) is 23.0 Å². The van der Waals surface area contributed by atoms with Crippen LogP contribution in [0.3, 0.4) is 0 Å². The van der Waals surface area contributed by atoms with Gasteiger partial charge in [-0.2, -0.15) is 5.26 Å². The molecule has 32 heavy (non-hydrogen) atoms. The van der Waals surface area contributed by atoms with Crippen molar-refractivity contribution in [3.63, 3.8) is 0 Å². The topological polar surface area (TPSA) is 94.3 Å². The van der Waals surface area contributed by atoms with Gasteiger partial charge in [0, 0.05) is 22.4 Å². The van der Waals surface area contributed by atoms with E-state index in [1.807, 2.05) is 25.1 Å². The Morgan fingerprint density at radius 3 is 2.22 bits per heavy atom. The van der Waals surface area contributed by atoms with E-state index >= 15 is 0 Å². The predicted octanol–water partition coefficient (Wildman–Crippen LogP) is 4.20. The number of hydrogen-bond donors (Lipinski definition) is 2. The highest BCUT2D eigenvalue weighted by molar-refractivity contribution is 6.21. The number of fused-ring (bicyclic) bond motifs is 1. The lowest BCUT2D eigenvalue weighted by Crippen LogP contribution is -2.30. The fourth-order valence-corrected chi connectivity index (χ4v) is 3.24. The van der Waals surface area contributed by atoms with Gasteiger partial charge in [-0.05, 0) is 43.3 Å². The van der Waals surface area contributed by atoms with Crippen molar-refractivity contribution in [3.8, 4) is 6.07 Å². The van der Waals surface area contributed by atoms with Gasteiger partial charge in [0.1, 0.15) is 23.3 Å². The first kappa shape index (κ1) is 20.7. The number of carbonyl (C=O) groups excluding carboxylic acids is 2. The zero-order valence-electron chi connectivity index (χ0n) is 17.0. The van der Waals surface area contributed by atoms with Crippen LogP contribution in [0.25, 0.3) is 5.70 Å². The number of nitrogens with one attached hydrogen (secondary N) is 2. The minimum Gasteiger partial charge on any atom is -0.321 e. The number of nitriles is 1. The molecule has 2 N–H and O–H groups in total. The van der Waals surface area contributed by atoms with Gasteiger partial charge in [-0.25, -0.2) is 9.38 Å². The van der Waals surface area contributed by atoms with Gasteiger partial charge in [-0.15, -0.1) is 0 Å². The number of amidine groups is 1. The first-order valence-corrected chi connectivity index (χ1v) is 9.74. The SMILES string of the molecule is Cc1ccc(C(=O)NC2=NC(=C(C#N)C(=O)Nc3ccc(F)cc3)c3ccccc32)cc1. The first-order valence-electron chi connectivity index (χ1n) is 9.74. The highest BCUT2D eigenvalue weighted by atomic mass is 19.1. The molecule has 4 rings (SSSR count). The number of benzene rings is 3. The molecular formula is C25H17FN4O2. The van der Waals surface area contributed by atoms with E-state index in [4.69, 9.17) is 0 Å². The quantitative estimate of drug-likeness (QED) is 0.487. The van der Waals surface area contributed by atoms with Gasteiger partial charge in [0.05, 0.1) is 5.70 Å². The van der Waals surface area contributed by atoms with Crippen molar-refractivity contribution in [1.82, 2.24) is 5.32 Å². The minimum atomic E-state index is -0.682. The van der Waals surface area contributed by atoms with E-state index in [1.54, 1.807) is 36.4 Å². The van der Waals surface area contributed by atoms with Gasteiger partial charge in [-0.3, -0.25) is 9.59 Å². The lowest BCUT2D eigenvalue weighted by molar-refractivity contribution is -0.112. The Kier molecular flexibility index (Phi) is 5.60. The molecule has 0 aliphatic carbocycles. The maximum absolute atomic E-state index is 13.1. The molecule has 0 spiro atoms. The van der Waals surface area contributed by atoms with Gasteiger partial charge < -0.3 is 10.6 Å². The lowest BCUT2D eigenvalue weighted by Gasteiger charge is -2.06. The number of halogens is 1. The van der Waals surface area contributed by atoms with Crippen LogP contribution in [-0.4, -0.2) is 17.6 Å². The van der Waals surface area contributed by atoms with Crippen molar-refractivity contribution < 1.29 is 14.0 Å². The maximum atomic E-state index is 13.1. The fraction of sp³-hybridized carbons (Fsp3) is 0.0400. The maximum Gasteiger partial charge on any atom is 0.268 e. The molecule has 0 atom stereocenters. The predicted molar refractivity (Wildman–Crippen MR) is 119 cm³/mol. The third-order valence-corrected chi connectivity index (χ3v) is 4.88. The molecule has 0 fully saturated rings. The summed E-state index contributed by atoms with van der Waals surface area (Å²) in [5.41, 5.74) is 2.92. The number of carbonyl (C=O) groups is 2. The van der Waals surface area contributed by atoms with Crippen LogP contribution in [0.2, 0.25) is 0 Å². The summed E-state index contributed by atoms with van der Waals surface area (Å²) in [5, 5.41) is 15.0. The Balaban J connectivity index is 1.68. The van der Waals surface area contributed by atoms with Gasteiger partial charge in [0.25, 0.3) is 11.8 Å². The van der Waals surface area contributed by atoms with Crippen molar-refractivity contribution in [3.05, 3.63) is 106 Å². The number of anilines is 1. The molecule has 2 amide bonds. The van der Waals surface area contributed by atoms with Crippen molar-refractivity contribution in [2.24, 2.45) is 4.99 Å². The zero-order valence-corrected chi connectivity index (χ0v) is 17.0. The summed E-state index contributed by atoms with van der Waals surface area (Å²) in [6, 6.07) is 21.2. The molecule has 156 valence electrons. The lowest BCUT2D eigenvalue weighted by atomic mass is 10.0. The van der Waals surface area contributed by atoms with Crippen LogP contribution in [-0.2, 0) is 4.79 Å². The fourth-order valence-electron chi connectivity index (χ4n) is 3.24. The monoisotopic (exact) mass is 424 g/mol. The molecule has 6 nitrogen and oxygen atoms in total. The van der Waals surface area contributed by atoms with Crippen molar-refractivity contribution in [2.75, 3.05) is 5.32 Å². The highest BCUT2D eigenvalue weighted by Gasteiger charge is 2.27. The smallest absolute Gasteiger partial charge is 0.268 e. The first-order chi connectivity index (χ1) is 15.5. The molecule has 0 unspecified atom stereocenters. The summed E-state index contributed by atoms with van der Waals surface area (Å²) in [6.45, 7) is 1.93. The molecule has 1 aliphatic heterocycles. The van der Waals surface area contributed by atoms with Gasteiger partial charge in [0.2, 0.25) is 0 Å². The second kappa shape index (κ2) is 8.66. The van der Waals surface area contributed by atoms with Crippen molar-refractivity contribution in [2.45, 2.75) is 6.92 Å². The number of aryl methyl sites for hydroxylation is 1. The Labute approximate surface area is 183 Å². The Bertz CT molecular complexity index is 1320. The Morgan fingerprint density at radius 2 is 1.56 bits per heavy atom. The van der Waals surface area contributed by atoms with Gasteiger partial charge >= 0.3 is 0 Å². The van der Waals surface area contributed by atoms with Crippen molar-refractivity contribution >= 4 is 29.0 Å². The third kappa shape index (κ3) is 4.16. The minimum absolute atomic E-state index is 0.155. The van der Waals surface area contributed by atoms with Crippen LogP contribution >= 0.6 is 0 Å². The number of nitrogens with zero attached hydrogens (tertiary/aromatic N) is 2. The Hall–Kier alpha value is -4.57. The van der Waals surface area contributed by atoms with Crippen LogP contribution in [0.5, 0.6) is 0 Å². The van der Waals surface area contributed by atoms with Crippen molar-refractivity contribution in [1.29, 1.82) is 5.26 Å². The summed E-state index contributed by atoms with van der Waals surface area (Å²) >= 11 is 0. The average Bonchev–Trinajstić information content (AvgIpc) is 3.14. The zero-order chi connectivity index (χ0) is 22.7. The summed E-state index contributed by atoms with van der Waals surface area (Å²) in [6.07, 6.45) is 0. The third-order valence-electron chi connectivity index (χ3n) is 4.88. The number of hydrogen-bond acceptors (Lipinski definition) is 4. The second-order valence-electron chi connectivity index (χ2n) is 7.12. The molecule has 7 heteroatoms. The van der Waals surface area contributed by atoms with Gasteiger partial charge in [-0.1, -0.05) is 42.0 Å². The van der Waals surface area contributed by atoms with Crippen LogP contribution < -0.4 is 10.6 Å². The molecular weight excluding hydrogens is 407 g/mol. The number of aliphatic imine (C=N–C) groups is 1. The van der Waals surface area contributed by atoms with E-state index in [0.717, 1.165) is 5.56 Å². The summed E-state index contributed by atoms with van der Waals surface area (Å²) in [5.74, 6) is -1.22. The molecule has 3 aromatic carbocycles. The van der Waals surface area contributed by atoms with Crippen LogP contribution in [0.1, 0.15) is 27.0 Å². The molecule has 0 saturated heterocycles. The number of rotatable bonds is 3. The standard InChI is InChI=1S/C25H17FN4O2/c1-15-6-8-16(9-7-15)24(31)30-23-20-5-3-2-4-19(20)22(29-23)21(14-27)25(32)28-18-12-10-17(26)11-13-18/h2-13H,1H3,(H,28,32)(H,29,30,31). The Morgan fingerprint density at radius 1 is 0.906 bits per heavy atom. The molecule has 0 bridgehead atoms. The molecule has 3 aromatic rings. The van der Waals surface area contributed by atoms with Crippen LogP contribution in [0.15, 0.2) is 83.4 Å². The summed E-state index contributed by atoms with van der Waals surface area (Å²) < 4.78 is 13.1. The average molecular weight is 424 g/mol. The molecule has 0 aromatic heterocycles. The molecule has 1 aliphatic rings. The van der Waals surface area contributed by atoms with E-state index in [9.17, 15) is 19.2 Å². The number of amides is 2. The summed E-state index contributed by atoms with van der Waals surface area (Å²) in [4.78, 5) is 29.9. The van der Waals surface area contributed by atoms with E-state index in [1.165, 1.54) is 24.3 Å². The van der Waals surface area contributed by atoms with E-state index < -0.39 is 11.7 Å². The van der Waals surface area contributed by atoms with Gasteiger partial charge in [0.15, 0.2) is 0 Å². The van der Waals surface area contributed by atoms with Crippen LogP contribution in [0, 0.1) is 24.1 Å². The van der Waals surface area contributed by atoms with E-state index in [2.05, 4.69) is 15.6 Å². The second-order valence-corrected chi connectivity index (χ2v) is 7.12.